The molecule has 0 aliphatic heterocycles. The fraction of sp³-hybridized carbons (Fsp3) is 0.121. The predicted molar refractivity (Wildman–Crippen MR) is 167 cm³/mol. The number of carboxylic acids is 1. The number of fused-ring (bicyclic) bond motifs is 1. The van der Waals surface area contributed by atoms with Crippen molar-refractivity contribution >= 4 is 58.0 Å². The van der Waals surface area contributed by atoms with E-state index in [1.165, 1.54) is 0 Å². The van der Waals surface area contributed by atoms with Gasteiger partial charge in [0.1, 0.15) is 18.1 Å². The number of ether oxygens (including phenoxy) is 1. The maximum absolute atomic E-state index is 13.3. The van der Waals surface area contributed by atoms with Crippen LogP contribution < -0.4 is 10.1 Å². The number of amides is 1. The van der Waals surface area contributed by atoms with E-state index in [0.29, 0.717) is 32.9 Å². The second kappa shape index (κ2) is 12.9. The molecule has 0 fully saturated rings. The van der Waals surface area contributed by atoms with Crippen LogP contribution in [0.15, 0.2) is 91.1 Å². The molecular weight excluding hydrogens is 573 g/mol. The maximum Gasteiger partial charge on any atom is 0.341 e. The van der Waals surface area contributed by atoms with Gasteiger partial charge in [-0.3, -0.25) is 4.79 Å². The summed E-state index contributed by atoms with van der Waals surface area (Å²) in [5.74, 6) is -0.211. The third-order valence-corrected chi connectivity index (χ3v) is 7.21. The lowest BCUT2D eigenvalue weighted by Crippen LogP contribution is -2.30. The minimum atomic E-state index is -1.04. The van der Waals surface area contributed by atoms with Crippen molar-refractivity contribution < 1.29 is 19.4 Å². The molecule has 7 nitrogen and oxygen atoms in total. The van der Waals surface area contributed by atoms with Crippen molar-refractivity contribution in [2.75, 3.05) is 6.61 Å². The molecule has 0 radical (unpaired) electrons. The summed E-state index contributed by atoms with van der Waals surface area (Å²) >= 11 is 12.6. The van der Waals surface area contributed by atoms with Gasteiger partial charge in [0.15, 0.2) is 6.61 Å². The first kappa shape index (κ1) is 28.9. The van der Waals surface area contributed by atoms with Crippen LogP contribution >= 0.6 is 23.2 Å². The topological polar surface area (TPSA) is 93.5 Å². The van der Waals surface area contributed by atoms with E-state index in [9.17, 15) is 9.59 Å². The summed E-state index contributed by atoms with van der Waals surface area (Å²) in [5.41, 5.74) is 3.17. The van der Waals surface area contributed by atoms with E-state index >= 15 is 0 Å². The number of benzene rings is 4. The molecule has 1 amide bonds. The summed E-state index contributed by atoms with van der Waals surface area (Å²) in [6, 6.07) is 26.1. The van der Waals surface area contributed by atoms with Crippen LogP contribution in [0.2, 0.25) is 10.0 Å². The lowest BCUT2D eigenvalue weighted by Gasteiger charge is -2.17. The molecule has 0 aliphatic carbocycles. The molecule has 42 heavy (non-hydrogen) atoms. The molecule has 1 heterocycles. The number of imidazole rings is 1. The summed E-state index contributed by atoms with van der Waals surface area (Å²) in [5, 5.41) is 15.1. The zero-order valence-corrected chi connectivity index (χ0v) is 24.1. The van der Waals surface area contributed by atoms with Gasteiger partial charge in [-0.05, 0) is 65.2 Å². The van der Waals surface area contributed by atoms with Gasteiger partial charge in [0.05, 0.1) is 16.8 Å². The van der Waals surface area contributed by atoms with Crippen LogP contribution in [0.5, 0.6) is 5.75 Å². The molecule has 5 rings (SSSR count). The zero-order chi connectivity index (χ0) is 29.6. The Labute approximate surface area is 253 Å². The highest BCUT2D eigenvalue weighted by Crippen LogP contribution is 2.30. The highest BCUT2D eigenvalue weighted by atomic mass is 35.5. The largest absolute Gasteiger partial charge is 0.482 e. The van der Waals surface area contributed by atoms with Crippen LogP contribution in [-0.4, -0.2) is 33.1 Å². The fourth-order valence-corrected chi connectivity index (χ4v) is 5.16. The Morgan fingerprint density at radius 2 is 1.76 bits per heavy atom. The molecule has 1 unspecified atom stereocenters. The Morgan fingerprint density at radius 3 is 2.52 bits per heavy atom. The van der Waals surface area contributed by atoms with Crippen molar-refractivity contribution in [2.24, 2.45) is 0 Å². The molecule has 2 N–H and O–H groups in total. The van der Waals surface area contributed by atoms with Gasteiger partial charge in [-0.15, -0.1) is 0 Å². The predicted octanol–water partition coefficient (Wildman–Crippen LogP) is 7.52. The Hall–Kier alpha value is -4.59. The molecule has 1 aromatic heterocycles. The molecule has 5 aromatic rings. The van der Waals surface area contributed by atoms with Crippen LogP contribution in [0.1, 0.15) is 29.9 Å². The van der Waals surface area contributed by atoms with Gasteiger partial charge in [-0.1, -0.05) is 83.9 Å². The van der Waals surface area contributed by atoms with Crippen molar-refractivity contribution in [3.05, 3.63) is 118 Å². The Balaban J connectivity index is 1.39. The monoisotopic (exact) mass is 599 g/mol. The second-order valence-corrected chi connectivity index (χ2v) is 10.5. The number of carbonyl (C=O) groups is 2. The first-order chi connectivity index (χ1) is 20.3. The molecule has 0 saturated carbocycles. The highest BCUT2D eigenvalue weighted by molar-refractivity contribution is 6.36. The zero-order valence-electron chi connectivity index (χ0n) is 22.6. The minimum Gasteiger partial charge on any atom is -0.482 e. The number of aromatic nitrogens is 2. The average molecular weight is 601 g/mol. The summed E-state index contributed by atoms with van der Waals surface area (Å²) in [4.78, 5) is 28.8. The van der Waals surface area contributed by atoms with E-state index < -0.39 is 12.6 Å². The lowest BCUT2D eigenvalue weighted by atomic mass is 10.00. The summed E-state index contributed by atoms with van der Waals surface area (Å²) in [6.07, 6.45) is 5.45. The Bertz CT molecular complexity index is 1780. The Kier molecular flexibility index (Phi) is 8.91. The van der Waals surface area contributed by atoms with E-state index in [2.05, 4.69) is 23.5 Å². The SMILES string of the molecule is CC(NC(=O)Cn1cc(-c2ccc(Cl)cc2Cl)nc1C=Cc1ccc(OCC(=O)O)cc1)c1cccc2ccccc12. The molecule has 1 atom stereocenters. The summed E-state index contributed by atoms with van der Waals surface area (Å²) in [6.45, 7) is 1.59. The number of carboxylic acid groups (broad SMARTS) is 1. The number of hydrogen-bond acceptors (Lipinski definition) is 4. The van der Waals surface area contributed by atoms with Crippen molar-refractivity contribution in [3.8, 4) is 17.0 Å². The second-order valence-electron chi connectivity index (χ2n) is 9.68. The number of hydrogen-bond donors (Lipinski definition) is 2. The molecule has 0 bridgehead atoms. The van der Waals surface area contributed by atoms with E-state index in [1.54, 1.807) is 53.2 Å². The first-order valence-corrected chi connectivity index (χ1v) is 13.9. The van der Waals surface area contributed by atoms with Crippen LogP contribution in [-0.2, 0) is 16.1 Å². The molecule has 4 aromatic carbocycles. The fourth-order valence-electron chi connectivity index (χ4n) is 4.66. The van der Waals surface area contributed by atoms with Crippen LogP contribution in [0.3, 0.4) is 0 Å². The van der Waals surface area contributed by atoms with Crippen molar-refractivity contribution in [3.63, 3.8) is 0 Å². The van der Waals surface area contributed by atoms with Gasteiger partial charge in [-0.2, -0.15) is 0 Å². The third kappa shape index (κ3) is 7.00. The van der Waals surface area contributed by atoms with Gasteiger partial charge in [0.25, 0.3) is 0 Å². The number of nitrogens with one attached hydrogen (secondary N) is 1. The number of nitrogens with zero attached hydrogens (tertiary/aromatic N) is 2. The number of carbonyl (C=O) groups excluding carboxylic acids is 1. The van der Waals surface area contributed by atoms with Gasteiger partial charge in [0, 0.05) is 16.8 Å². The molecule has 0 spiro atoms. The van der Waals surface area contributed by atoms with Crippen LogP contribution in [0.4, 0.5) is 0 Å². The number of halogens is 2. The molecule has 9 heteroatoms. The summed E-state index contributed by atoms with van der Waals surface area (Å²) in [7, 11) is 0. The number of rotatable bonds is 10. The number of aliphatic carboxylic acids is 1. The Morgan fingerprint density at radius 1 is 1.00 bits per heavy atom. The van der Waals surface area contributed by atoms with E-state index in [4.69, 9.17) is 38.0 Å². The maximum atomic E-state index is 13.3. The van der Waals surface area contributed by atoms with Crippen LogP contribution in [0, 0.1) is 0 Å². The molecular formula is C33H27Cl2N3O4. The smallest absolute Gasteiger partial charge is 0.341 e. The lowest BCUT2D eigenvalue weighted by molar-refractivity contribution is -0.139. The van der Waals surface area contributed by atoms with E-state index in [0.717, 1.165) is 21.9 Å². The van der Waals surface area contributed by atoms with E-state index in [1.807, 2.05) is 43.3 Å². The third-order valence-electron chi connectivity index (χ3n) is 6.66. The van der Waals surface area contributed by atoms with Gasteiger partial charge < -0.3 is 19.7 Å². The molecule has 212 valence electrons. The normalized spacial score (nSPS) is 12.0. The van der Waals surface area contributed by atoms with E-state index in [-0.39, 0.29) is 18.5 Å². The standard InChI is InChI=1S/C33H27Cl2N3O4/c1-21(26-8-4-6-23-5-2-3-7-27(23)26)36-32(39)19-38-18-30(28-15-12-24(34)17-29(28)35)37-31(38)16-11-22-9-13-25(14-10-22)42-20-33(40)41/h2-18,21H,19-20H2,1H3,(H,36,39)(H,40,41). The molecule has 0 aliphatic rings. The highest BCUT2D eigenvalue weighted by Gasteiger charge is 2.16. The van der Waals surface area contributed by atoms with Crippen LogP contribution in [0.25, 0.3) is 34.2 Å². The first-order valence-electron chi connectivity index (χ1n) is 13.2. The van der Waals surface area contributed by atoms with Crippen molar-refractivity contribution in [1.29, 1.82) is 0 Å². The summed E-state index contributed by atoms with van der Waals surface area (Å²) < 4.78 is 6.97. The van der Waals surface area contributed by atoms with Gasteiger partial charge >= 0.3 is 5.97 Å². The quantitative estimate of drug-likeness (QED) is 0.173. The van der Waals surface area contributed by atoms with Crippen molar-refractivity contribution in [1.82, 2.24) is 14.9 Å². The minimum absolute atomic E-state index is 0.0367. The van der Waals surface area contributed by atoms with Gasteiger partial charge in [0.2, 0.25) is 5.91 Å². The molecule has 0 saturated heterocycles. The van der Waals surface area contributed by atoms with Crippen molar-refractivity contribution in [2.45, 2.75) is 19.5 Å². The van der Waals surface area contributed by atoms with Gasteiger partial charge in [-0.25, -0.2) is 9.78 Å². The average Bonchev–Trinajstić information content (AvgIpc) is 3.36.